The Morgan fingerprint density at radius 2 is 0.410 bits per heavy atom. The first-order chi connectivity index (χ1) is 29.3. The van der Waals surface area contributed by atoms with Gasteiger partial charge in [-0.05, 0) is 116 Å². The number of hydrogen-bond acceptors (Lipinski definition) is 6. The van der Waals surface area contributed by atoms with E-state index in [4.69, 9.17) is 0 Å². The third-order valence-electron chi connectivity index (χ3n) is 10.9. The Morgan fingerprint density at radius 1 is 0.262 bits per heavy atom. The Kier molecular flexibility index (Phi) is 67.3. The molecule has 0 radical (unpaired) electrons. The van der Waals surface area contributed by atoms with Crippen molar-refractivity contribution in [3.8, 4) is 0 Å². The Bertz CT molecular complexity index is 827. The summed E-state index contributed by atoms with van der Waals surface area (Å²) in [4.78, 5) is 30.6. The molecular formula is C54H99FeO6-3. The van der Waals surface area contributed by atoms with Gasteiger partial charge in [-0.3, -0.25) is 0 Å². The number of carboxylic acids is 3. The smallest absolute Gasteiger partial charge is 0.0414 e. The van der Waals surface area contributed by atoms with E-state index in [0.29, 0.717) is 0 Å². The zero-order valence-electron chi connectivity index (χ0n) is 40.5. The summed E-state index contributed by atoms with van der Waals surface area (Å²) in [6.07, 6.45) is 62.7. The van der Waals surface area contributed by atoms with Crippen LogP contribution in [-0.2, 0) is 31.5 Å². The molecule has 0 aliphatic carbocycles. The van der Waals surface area contributed by atoms with Crippen LogP contribution in [-0.4, -0.2) is 17.9 Å². The number of carbonyl (C=O) groups is 3. The predicted octanol–water partition coefficient (Wildman–Crippen LogP) is 14.3. The van der Waals surface area contributed by atoms with Crippen molar-refractivity contribution in [2.24, 2.45) is 0 Å². The summed E-state index contributed by atoms with van der Waals surface area (Å²) < 4.78 is 0. The third-order valence-corrected chi connectivity index (χ3v) is 10.9. The molecule has 0 bridgehead atoms. The maximum absolute atomic E-state index is 10.2. The van der Waals surface area contributed by atoms with E-state index in [-0.39, 0.29) is 36.3 Å². The first kappa shape index (κ1) is 65.8. The van der Waals surface area contributed by atoms with E-state index in [1.807, 2.05) is 0 Å². The average molecular weight is 900 g/mol. The monoisotopic (exact) mass is 900 g/mol. The summed E-state index contributed by atoms with van der Waals surface area (Å²) in [5, 5.41) is 30.6. The van der Waals surface area contributed by atoms with E-state index in [1.165, 1.54) is 193 Å². The minimum atomic E-state index is -0.914. The van der Waals surface area contributed by atoms with Gasteiger partial charge in [-0.15, -0.1) is 0 Å². The zero-order chi connectivity index (χ0) is 44.7. The Morgan fingerprint density at radius 3 is 0.574 bits per heavy atom. The van der Waals surface area contributed by atoms with Crippen molar-refractivity contribution < 1.29 is 46.8 Å². The van der Waals surface area contributed by atoms with Crippen LogP contribution in [0.1, 0.15) is 290 Å². The van der Waals surface area contributed by atoms with Gasteiger partial charge < -0.3 is 29.7 Å². The second-order valence-corrected chi connectivity index (χ2v) is 17.1. The number of allylic oxidation sites excluding steroid dienone is 6. The van der Waals surface area contributed by atoms with Gasteiger partial charge in [-0.2, -0.15) is 0 Å². The molecule has 0 heterocycles. The molecule has 6 nitrogen and oxygen atoms in total. The summed E-state index contributed by atoms with van der Waals surface area (Å²) in [6, 6.07) is 0. The molecule has 0 aromatic rings. The van der Waals surface area contributed by atoms with Gasteiger partial charge in [0.25, 0.3) is 0 Å². The van der Waals surface area contributed by atoms with Gasteiger partial charge in [0.2, 0.25) is 0 Å². The number of hydrogen-bond donors (Lipinski definition) is 0. The van der Waals surface area contributed by atoms with Crippen LogP contribution >= 0.6 is 0 Å². The number of carbonyl (C=O) groups excluding carboxylic acids is 3. The van der Waals surface area contributed by atoms with E-state index in [1.54, 1.807) is 0 Å². The van der Waals surface area contributed by atoms with Crippen molar-refractivity contribution in [2.75, 3.05) is 0 Å². The van der Waals surface area contributed by atoms with Crippen LogP contribution in [0.2, 0.25) is 0 Å². The van der Waals surface area contributed by atoms with Gasteiger partial charge in [0.1, 0.15) is 0 Å². The van der Waals surface area contributed by atoms with Crippen molar-refractivity contribution in [3.63, 3.8) is 0 Å². The second kappa shape index (κ2) is 62.4. The first-order valence-electron chi connectivity index (χ1n) is 25.9. The topological polar surface area (TPSA) is 120 Å². The molecule has 0 fully saturated rings. The molecule has 0 aromatic heterocycles. The molecular weight excluding hydrogens is 800 g/mol. The number of rotatable bonds is 45. The standard InChI is InChI=1S/3C18H34O2.Fe/c3*1-2-3-4-5-6-7-8-9-10-11-12-13-14-15-16-17-18(19)20;/h3*9-10H,2-8,11-17H2,1H3,(H,19,20);/p-3/b3*10-9-;. The SMILES string of the molecule is CCCCCCCC/C=C\CCCCCCCC(=O)[O-].CCCCCCCC/C=C\CCCCCCCC(=O)[O-].CCCCCCCC/C=C\CCCCCCCC(=O)[O-].[Fe]. The van der Waals surface area contributed by atoms with Crippen LogP contribution in [0.3, 0.4) is 0 Å². The van der Waals surface area contributed by atoms with E-state index in [9.17, 15) is 29.7 Å². The van der Waals surface area contributed by atoms with Crippen LogP contribution < -0.4 is 15.3 Å². The minimum absolute atomic E-state index is 0. The number of carboxylic acid groups (broad SMARTS) is 3. The quantitative estimate of drug-likeness (QED) is 0.0341. The first-order valence-corrected chi connectivity index (χ1v) is 25.9. The van der Waals surface area contributed by atoms with Gasteiger partial charge in [-0.1, -0.05) is 211 Å². The molecule has 0 rings (SSSR count). The van der Waals surface area contributed by atoms with Crippen molar-refractivity contribution in [2.45, 2.75) is 290 Å². The Balaban J connectivity index is -0.000000396. The predicted molar refractivity (Wildman–Crippen MR) is 253 cm³/mol. The largest absolute Gasteiger partial charge is 0.550 e. The molecule has 61 heavy (non-hydrogen) atoms. The second-order valence-electron chi connectivity index (χ2n) is 17.1. The van der Waals surface area contributed by atoms with Gasteiger partial charge >= 0.3 is 0 Å². The molecule has 0 aliphatic rings. The van der Waals surface area contributed by atoms with Crippen molar-refractivity contribution in [1.29, 1.82) is 0 Å². The Hall–Kier alpha value is -1.85. The Labute approximate surface area is 389 Å². The summed E-state index contributed by atoms with van der Waals surface area (Å²) >= 11 is 0. The summed E-state index contributed by atoms with van der Waals surface area (Å²) in [5.74, 6) is -2.74. The molecule has 0 aliphatic heterocycles. The fraction of sp³-hybridized carbons (Fsp3) is 0.833. The van der Waals surface area contributed by atoms with Crippen LogP contribution in [0.4, 0.5) is 0 Å². The molecule has 0 saturated carbocycles. The number of aliphatic carboxylic acids is 3. The molecule has 0 spiro atoms. The molecule has 7 heteroatoms. The van der Waals surface area contributed by atoms with Gasteiger partial charge in [0.15, 0.2) is 0 Å². The maximum atomic E-state index is 10.2. The maximum Gasteiger partial charge on any atom is 0.0414 e. The van der Waals surface area contributed by atoms with E-state index in [0.717, 1.165) is 57.8 Å². The summed E-state index contributed by atoms with van der Waals surface area (Å²) in [5.41, 5.74) is 0. The van der Waals surface area contributed by atoms with Crippen LogP contribution in [0.15, 0.2) is 36.5 Å². The van der Waals surface area contributed by atoms with Crippen molar-refractivity contribution in [1.82, 2.24) is 0 Å². The van der Waals surface area contributed by atoms with Crippen LogP contribution in [0.5, 0.6) is 0 Å². The number of unbranched alkanes of at least 4 members (excludes halogenated alkanes) is 33. The zero-order valence-corrected chi connectivity index (χ0v) is 41.6. The molecule has 362 valence electrons. The normalized spacial score (nSPS) is 11.1. The van der Waals surface area contributed by atoms with Crippen LogP contribution in [0.25, 0.3) is 0 Å². The third kappa shape index (κ3) is 75.9. The minimum Gasteiger partial charge on any atom is -0.550 e. The molecule has 0 saturated heterocycles. The van der Waals surface area contributed by atoms with Gasteiger partial charge in [0.05, 0.1) is 0 Å². The molecule has 0 N–H and O–H groups in total. The summed E-state index contributed by atoms with van der Waals surface area (Å²) in [7, 11) is 0. The van der Waals surface area contributed by atoms with E-state index in [2.05, 4.69) is 57.2 Å². The van der Waals surface area contributed by atoms with Crippen molar-refractivity contribution >= 4 is 17.9 Å². The molecule has 0 amide bonds. The van der Waals surface area contributed by atoms with E-state index >= 15 is 0 Å². The van der Waals surface area contributed by atoms with Gasteiger partial charge in [-0.25, -0.2) is 0 Å². The van der Waals surface area contributed by atoms with E-state index < -0.39 is 17.9 Å². The van der Waals surface area contributed by atoms with Crippen LogP contribution in [0, 0.1) is 0 Å². The molecule has 0 aromatic carbocycles. The van der Waals surface area contributed by atoms with Crippen molar-refractivity contribution in [3.05, 3.63) is 36.5 Å². The molecule has 0 unspecified atom stereocenters. The fourth-order valence-electron chi connectivity index (χ4n) is 7.02. The average Bonchev–Trinajstić information content (AvgIpc) is 3.22. The molecule has 0 atom stereocenters. The summed E-state index contributed by atoms with van der Waals surface area (Å²) in [6.45, 7) is 6.77. The van der Waals surface area contributed by atoms with Gasteiger partial charge in [0, 0.05) is 35.0 Å². The fourth-order valence-corrected chi connectivity index (χ4v) is 7.02.